The quantitative estimate of drug-likeness (QED) is 0.870. The van der Waals surface area contributed by atoms with Crippen molar-refractivity contribution in [2.75, 3.05) is 13.1 Å². The predicted molar refractivity (Wildman–Crippen MR) is 79.7 cm³/mol. The number of rotatable bonds is 4. The topological polar surface area (TPSA) is 49.2 Å². The maximum atomic E-state index is 13.2. The molecule has 3 rings (SSSR count). The summed E-state index contributed by atoms with van der Waals surface area (Å²) in [6.07, 6.45) is 4.48. The van der Waals surface area contributed by atoms with Crippen LogP contribution in [-0.2, 0) is 6.54 Å². The lowest BCUT2D eigenvalue weighted by Gasteiger charge is -2.17. The zero-order valence-electron chi connectivity index (χ0n) is 12.1. The fourth-order valence-electron chi connectivity index (χ4n) is 2.68. The Hall–Kier alpha value is -2.45. The van der Waals surface area contributed by atoms with Gasteiger partial charge in [-0.1, -0.05) is 6.07 Å². The molecule has 1 aromatic carbocycles. The van der Waals surface area contributed by atoms with Gasteiger partial charge in [0.15, 0.2) is 0 Å². The highest BCUT2D eigenvalue weighted by molar-refractivity contribution is 5.37. The number of nitrogens with zero attached hydrogens (tertiary/aromatic N) is 3. The molecule has 112 valence electrons. The van der Waals surface area contributed by atoms with Gasteiger partial charge in [-0.25, -0.2) is 4.39 Å². The van der Waals surface area contributed by atoms with E-state index >= 15 is 0 Å². The highest BCUT2D eigenvalue weighted by Gasteiger charge is 2.24. The van der Waals surface area contributed by atoms with E-state index in [9.17, 15) is 4.39 Å². The lowest BCUT2D eigenvalue weighted by Crippen LogP contribution is -2.24. The first-order valence-electron chi connectivity index (χ1n) is 7.22. The molecule has 1 fully saturated rings. The molecule has 0 N–H and O–H groups in total. The minimum atomic E-state index is -0.374. The molecule has 0 aliphatic carbocycles. The van der Waals surface area contributed by atoms with Gasteiger partial charge in [0.25, 0.3) is 0 Å². The van der Waals surface area contributed by atoms with Crippen LogP contribution in [0.1, 0.15) is 17.5 Å². The number of hydrogen-bond acceptors (Lipinski definition) is 4. The number of ether oxygens (including phenoxy) is 1. The Labute approximate surface area is 128 Å². The second-order valence-corrected chi connectivity index (χ2v) is 5.36. The van der Waals surface area contributed by atoms with Gasteiger partial charge < -0.3 is 4.74 Å². The summed E-state index contributed by atoms with van der Waals surface area (Å²) in [4.78, 5) is 6.19. The van der Waals surface area contributed by atoms with Crippen molar-refractivity contribution >= 4 is 0 Å². The molecule has 1 saturated heterocycles. The van der Waals surface area contributed by atoms with Gasteiger partial charge in [0.2, 0.25) is 0 Å². The van der Waals surface area contributed by atoms with Crippen LogP contribution in [0.15, 0.2) is 42.7 Å². The third kappa shape index (κ3) is 3.41. The Kier molecular flexibility index (Phi) is 4.31. The average Bonchev–Trinajstić information content (AvgIpc) is 2.97. The van der Waals surface area contributed by atoms with Crippen LogP contribution in [0.3, 0.4) is 0 Å². The Balaban J connectivity index is 1.61. The highest BCUT2D eigenvalue weighted by Crippen LogP contribution is 2.20. The molecule has 1 aliphatic heterocycles. The van der Waals surface area contributed by atoms with Gasteiger partial charge in [-0.2, -0.15) is 5.26 Å². The normalized spacial score (nSPS) is 18.1. The molecule has 1 aliphatic rings. The predicted octanol–water partition coefficient (Wildman–Crippen LogP) is 2.75. The lowest BCUT2D eigenvalue weighted by molar-refractivity contribution is 0.198. The third-order valence-electron chi connectivity index (χ3n) is 3.77. The fraction of sp³-hybridized carbons (Fsp3) is 0.294. The molecular formula is C17H16FN3O. The maximum Gasteiger partial charge on any atom is 0.124 e. The van der Waals surface area contributed by atoms with Crippen molar-refractivity contribution in [2.24, 2.45) is 0 Å². The smallest absolute Gasteiger partial charge is 0.124 e. The molecule has 5 heteroatoms. The number of halogens is 1. The van der Waals surface area contributed by atoms with E-state index in [1.165, 1.54) is 12.1 Å². The third-order valence-corrected chi connectivity index (χ3v) is 3.77. The van der Waals surface area contributed by atoms with Gasteiger partial charge in [0.1, 0.15) is 17.7 Å². The number of likely N-dealkylation sites (tertiary alicyclic amines) is 1. The molecule has 1 atom stereocenters. The van der Waals surface area contributed by atoms with Crippen molar-refractivity contribution in [1.82, 2.24) is 9.88 Å². The molecule has 4 nitrogen and oxygen atoms in total. The zero-order chi connectivity index (χ0) is 15.4. The second kappa shape index (κ2) is 6.54. The van der Waals surface area contributed by atoms with Crippen molar-refractivity contribution in [3.8, 4) is 11.8 Å². The number of pyridine rings is 1. The van der Waals surface area contributed by atoms with E-state index in [2.05, 4.69) is 16.0 Å². The largest absolute Gasteiger partial charge is 0.489 e. The summed E-state index contributed by atoms with van der Waals surface area (Å²) in [6.45, 7) is 2.34. The van der Waals surface area contributed by atoms with Crippen LogP contribution in [0.25, 0.3) is 0 Å². The van der Waals surface area contributed by atoms with Crippen molar-refractivity contribution in [1.29, 1.82) is 5.26 Å². The first kappa shape index (κ1) is 14.5. The molecule has 0 amide bonds. The van der Waals surface area contributed by atoms with Crippen molar-refractivity contribution < 1.29 is 9.13 Å². The summed E-state index contributed by atoms with van der Waals surface area (Å²) < 4.78 is 19.1. The molecule has 0 radical (unpaired) electrons. The number of benzene rings is 1. The van der Waals surface area contributed by atoms with E-state index in [4.69, 9.17) is 10.00 Å². The van der Waals surface area contributed by atoms with Crippen LogP contribution < -0.4 is 4.74 Å². The standard InChI is InChI=1S/C17H16FN3O/c18-15-2-1-13(14(9-15)10-19)11-21-8-5-17(12-21)22-16-3-6-20-7-4-16/h1-4,6-7,9,17H,5,8,11-12H2/t17-/m1/s1. The Bertz CT molecular complexity index is 684. The summed E-state index contributed by atoms with van der Waals surface area (Å²) in [7, 11) is 0. The van der Waals surface area contributed by atoms with Crippen LogP contribution in [0.4, 0.5) is 4.39 Å². The number of hydrogen-bond donors (Lipinski definition) is 0. The summed E-state index contributed by atoms with van der Waals surface area (Å²) in [5.41, 5.74) is 1.26. The Morgan fingerprint density at radius 1 is 1.32 bits per heavy atom. The van der Waals surface area contributed by atoms with Crippen LogP contribution in [0.5, 0.6) is 5.75 Å². The summed E-state index contributed by atoms with van der Waals surface area (Å²) in [5.74, 6) is 0.446. The van der Waals surface area contributed by atoms with Crippen molar-refractivity contribution in [3.63, 3.8) is 0 Å². The van der Waals surface area contributed by atoms with Gasteiger partial charge in [0.05, 0.1) is 11.6 Å². The minimum Gasteiger partial charge on any atom is -0.489 e. The van der Waals surface area contributed by atoms with Crippen LogP contribution >= 0.6 is 0 Å². The Morgan fingerprint density at radius 3 is 2.91 bits per heavy atom. The molecule has 0 unspecified atom stereocenters. The zero-order valence-corrected chi connectivity index (χ0v) is 12.1. The van der Waals surface area contributed by atoms with Gasteiger partial charge in [-0.15, -0.1) is 0 Å². The fourth-order valence-corrected chi connectivity index (χ4v) is 2.68. The molecule has 0 saturated carbocycles. The summed E-state index contributed by atoms with van der Waals surface area (Å²) in [5, 5.41) is 9.10. The molecular weight excluding hydrogens is 281 g/mol. The maximum absolute atomic E-state index is 13.2. The van der Waals surface area contributed by atoms with Crippen LogP contribution in [0.2, 0.25) is 0 Å². The van der Waals surface area contributed by atoms with E-state index in [1.54, 1.807) is 18.5 Å². The monoisotopic (exact) mass is 297 g/mol. The van der Waals surface area contributed by atoms with E-state index in [-0.39, 0.29) is 11.9 Å². The lowest BCUT2D eigenvalue weighted by atomic mass is 10.1. The first-order valence-corrected chi connectivity index (χ1v) is 7.22. The molecule has 2 heterocycles. The number of nitriles is 1. The Morgan fingerprint density at radius 2 is 2.14 bits per heavy atom. The summed E-state index contributed by atoms with van der Waals surface area (Å²) in [6, 6.07) is 10.1. The molecule has 2 aromatic rings. The van der Waals surface area contributed by atoms with Crippen LogP contribution in [0, 0.1) is 17.1 Å². The van der Waals surface area contributed by atoms with Crippen molar-refractivity contribution in [3.05, 3.63) is 59.7 Å². The second-order valence-electron chi connectivity index (χ2n) is 5.36. The molecule has 0 spiro atoms. The molecule has 22 heavy (non-hydrogen) atoms. The number of aromatic nitrogens is 1. The first-order chi connectivity index (χ1) is 10.7. The SMILES string of the molecule is N#Cc1cc(F)ccc1CN1CC[C@@H](Oc2ccncc2)C1. The van der Waals surface area contributed by atoms with Crippen LogP contribution in [-0.4, -0.2) is 29.1 Å². The van der Waals surface area contributed by atoms with E-state index in [0.29, 0.717) is 12.1 Å². The van der Waals surface area contributed by atoms with Gasteiger partial charge in [-0.05, 0) is 36.2 Å². The van der Waals surface area contributed by atoms with E-state index in [1.807, 2.05) is 12.1 Å². The van der Waals surface area contributed by atoms with Gasteiger partial charge >= 0.3 is 0 Å². The van der Waals surface area contributed by atoms with Gasteiger partial charge in [0, 0.05) is 32.0 Å². The average molecular weight is 297 g/mol. The highest BCUT2D eigenvalue weighted by atomic mass is 19.1. The summed E-state index contributed by atoms with van der Waals surface area (Å²) >= 11 is 0. The minimum absolute atomic E-state index is 0.133. The molecule has 0 bridgehead atoms. The van der Waals surface area contributed by atoms with E-state index in [0.717, 1.165) is 30.8 Å². The van der Waals surface area contributed by atoms with Gasteiger partial charge in [-0.3, -0.25) is 9.88 Å². The van der Waals surface area contributed by atoms with Crippen molar-refractivity contribution in [2.45, 2.75) is 19.1 Å². The molecule has 1 aromatic heterocycles. The van der Waals surface area contributed by atoms with E-state index < -0.39 is 0 Å².